The molecule has 1 aromatic heterocycles. The van der Waals surface area contributed by atoms with Gasteiger partial charge in [0.2, 0.25) is 5.91 Å². The number of hydrogen-bond donors (Lipinski definition) is 2. The molecule has 5 rings (SSSR count). The summed E-state index contributed by atoms with van der Waals surface area (Å²) in [5.41, 5.74) is 3.51. The number of methoxy groups -OCH3 is 2. The second-order valence-electron chi connectivity index (χ2n) is 8.53. The number of rotatable bonds is 7. The summed E-state index contributed by atoms with van der Waals surface area (Å²) in [6.45, 7) is 1.71. The minimum absolute atomic E-state index is 0.160. The van der Waals surface area contributed by atoms with Crippen LogP contribution in [0.4, 0.5) is 10.1 Å². The number of aromatic nitrogens is 4. The molecule has 35 heavy (non-hydrogen) atoms. The standard InChI is InChI=1S/C26H24FN5O3/c1-15-20(5-4-6-21(15)27)26(11-12-26)25(33)28-17-8-9-18(19(14-17)24-29-31-32-30-24)16-7-10-22(34-2)23(13-16)35-3/h4-10,13-14H,11-12H2,1-3H3,(H,28,33)(H,29,30,31,32). The zero-order chi connectivity index (χ0) is 24.6. The van der Waals surface area contributed by atoms with Crippen molar-refractivity contribution in [3.63, 3.8) is 0 Å². The van der Waals surface area contributed by atoms with E-state index in [0.717, 1.165) is 16.7 Å². The van der Waals surface area contributed by atoms with Crippen molar-refractivity contribution in [3.8, 4) is 34.0 Å². The summed E-state index contributed by atoms with van der Waals surface area (Å²) in [5.74, 6) is 1.19. The van der Waals surface area contributed by atoms with Gasteiger partial charge in [-0.3, -0.25) is 4.79 Å². The zero-order valence-electron chi connectivity index (χ0n) is 19.6. The Kier molecular flexibility index (Phi) is 5.68. The second-order valence-corrected chi connectivity index (χ2v) is 8.53. The number of ether oxygens (including phenoxy) is 2. The van der Waals surface area contributed by atoms with Crippen LogP contribution in [-0.2, 0) is 10.2 Å². The van der Waals surface area contributed by atoms with Crippen molar-refractivity contribution in [2.24, 2.45) is 0 Å². The largest absolute Gasteiger partial charge is 0.493 e. The zero-order valence-corrected chi connectivity index (χ0v) is 19.6. The molecule has 4 aromatic rings. The molecule has 0 radical (unpaired) electrons. The molecule has 9 heteroatoms. The molecule has 0 spiro atoms. The SMILES string of the molecule is COc1ccc(-c2ccc(NC(=O)C3(c4cccc(F)c4C)CC3)cc2-c2nnn[nH]2)cc1OC. The maximum atomic E-state index is 14.2. The number of nitrogens with one attached hydrogen (secondary N) is 2. The summed E-state index contributed by atoms with van der Waals surface area (Å²) in [6.07, 6.45) is 1.34. The molecule has 0 aliphatic heterocycles. The third-order valence-electron chi connectivity index (χ3n) is 6.54. The monoisotopic (exact) mass is 473 g/mol. The van der Waals surface area contributed by atoms with Gasteiger partial charge >= 0.3 is 0 Å². The number of carbonyl (C=O) groups excluding carboxylic acids is 1. The first kappa shape index (κ1) is 22.5. The third-order valence-corrected chi connectivity index (χ3v) is 6.54. The lowest BCUT2D eigenvalue weighted by molar-refractivity contribution is -0.118. The van der Waals surface area contributed by atoms with Crippen molar-refractivity contribution in [3.05, 3.63) is 71.5 Å². The fourth-order valence-electron chi connectivity index (χ4n) is 4.47. The van der Waals surface area contributed by atoms with Gasteiger partial charge in [0.25, 0.3) is 0 Å². The molecule has 0 saturated heterocycles. The Morgan fingerprint density at radius 1 is 1.03 bits per heavy atom. The number of amides is 1. The van der Waals surface area contributed by atoms with E-state index in [1.807, 2.05) is 42.5 Å². The van der Waals surface area contributed by atoms with E-state index in [1.165, 1.54) is 6.07 Å². The summed E-state index contributed by atoms with van der Waals surface area (Å²) in [5, 5.41) is 17.3. The molecule has 1 saturated carbocycles. The summed E-state index contributed by atoms with van der Waals surface area (Å²) < 4.78 is 25.0. The topological polar surface area (TPSA) is 102 Å². The first-order valence-corrected chi connectivity index (χ1v) is 11.1. The van der Waals surface area contributed by atoms with Crippen molar-refractivity contribution >= 4 is 11.6 Å². The lowest BCUT2D eigenvalue weighted by atomic mass is 9.90. The Balaban J connectivity index is 1.51. The van der Waals surface area contributed by atoms with Gasteiger partial charge in [-0.1, -0.05) is 24.3 Å². The van der Waals surface area contributed by atoms with Crippen LogP contribution in [0.2, 0.25) is 0 Å². The molecule has 1 aliphatic rings. The van der Waals surface area contributed by atoms with E-state index in [4.69, 9.17) is 9.47 Å². The molecular weight excluding hydrogens is 449 g/mol. The van der Waals surface area contributed by atoms with E-state index >= 15 is 0 Å². The van der Waals surface area contributed by atoms with E-state index < -0.39 is 5.41 Å². The van der Waals surface area contributed by atoms with Crippen LogP contribution in [0.5, 0.6) is 11.5 Å². The molecule has 1 heterocycles. The Bertz CT molecular complexity index is 1400. The predicted molar refractivity (Wildman–Crippen MR) is 129 cm³/mol. The highest BCUT2D eigenvalue weighted by molar-refractivity contribution is 6.02. The number of anilines is 1. The van der Waals surface area contributed by atoms with Crippen LogP contribution in [-0.4, -0.2) is 40.8 Å². The van der Waals surface area contributed by atoms with Crippen molar-refractivity contribution in [1.82, 2.24) is 20.6 Å². The van der Waals surface area contributed by atoms with Crippen LogP contribution < -0.4 is 14.8 Å². The Labute approximate surface area is 201 Å². The molecule has 1 aliphatic carbocycles. The maximum absolute atomic E-state index is 14.2. The van der Waals surface area contributed by atoms with E-state index in [9.17, 15) is 9.18 Å². The van der Waals surface area contributed by atoms with Gasteiger partial charge in [0, 0.05) is 11.3 Å². The van der Waals surface area contributed by atoms with E-state index in [1.54, 1.807) is 27.2 Å². The van der Waals surface area contributed by atoms with Gasteiger partial charge in [-0.05, 0) is 82.8 Å². The summed E-state index contributed by atoms with van der Waals surface area (Å²) in [4.78, 5) is 13.4. The third kappa shape index (κ3) is 3.99. The summed E-state index contributed by atoms with van der Waals surface area (Å²) in [6, 6.07) is 16.0. The number of benzene rings is 3. The van der Waals surface area contributed by atoms with Crippen LogP contribution in [0.15, 0.2) is 54.6 Å². The van der Waals surface area contributed by atoms with Crippen molar-refractivity contribution in [2.45, 2.75) is 25.2 Å². The fourth-order valence-corrected chi connectivity index (χ4v) is 4.47. The van der Waals surface area contributed by atoms with Crippen LogP contribution >= 0.6 is 0 Å². The van der Waals surface area contributed by atoms with E-state index in [2.05, 4.69) is 25.9 Å². The molecule has 0 unspecified atom stereocenters. The highest BCUT2D eigenvalue weighted by atomic mass is 19.1. The van der Waals surface area contributed by atoms with Gasteiger partial charge in [0.15, 0.2) is 17.3 Å². The molecule has 1 fully saturated rings. The summed E-state index contributed by atoms with van der Waals surface area (Å²) >= 11 is 0. The molecule has 1 amide bonds. The highest BCUT2D eigenvalue weighted by Crippen LogP contribution is 2.50. The number of aromatic amines is 1. The predicted octanol–water partition coefficient (Wildman–Crippen LogP) is 4.67. The number of nitrogens with zero attached hydrogens (tertiary/aromatic N) is 3. The molecule has 0 atom stereocenters. The molecule has 8 nitrogen and oxygen atoms in total. The minimum Gasteiger partial charge on any atom is -0.493 e. The van der Waals surface area contributed by atoms with Crippen LogP contribution in [0.1, 0.15) is 24.0 Å². The van der Waals surface area contributed by atoms with Crippen molar-refractivity contribution in [2.75, 3.05) is 19.5 Å². The quantitative estimate of drug-likeness (QED) is 0.405. The van der Waals surface area contributed by atoms with Gasteiger partial charge in [0.1, 0.15) is 5.82 Å². The minimum atomic E-state index is -0.720. The van der Waals surface area contributed by atoms with Gasteiger partial charge in [-0.15, -0.1) is 5.10 Å². The van der Waals surface area contributed by atoms with Gasteiger partial charge in [-0.25, -0.2) is 9.49 Å². The number of tetrazole rings is 1. The van der Waals surface area contributed by atoms with E-state index in [0.29, 0.717) is 47.0 Å². The average Bonchev–Trinajstić information content (AvgIpc) is 3.50. The summed E-state index contributed by atoms with van der Waals surface area (Å²) in [7, 11) is 3.16. The van der Waals surface area contributed by atoms with Gasteiger partial charge in [-0.2, -0.15) is 0 Å². The number of carbonyl (C=O) groups is 1. The lowest BCUT2D eigenvalue weighted by Gasteiger charge is -2.19. The Hall–Kier alpha value is -4.27. The van der Waals surface area contributed by atoms with Crippen LogP contribution in [0, 0.1) is 12.7 Å². The van der Waals surface area contributed by atoms with Crippen molar-refractivity contribution < 1.29 is 18.7 Å². The first-order valence-electron chi connectivity index (χ1n) is 11.1. The molecule has 3 aromatic carbocycles. The second kappa shape index (κ2) is 8.83. The molecule has 0 bridgehead atoms. The van der Waals surface area contributed by atoms with Gasteiger partial charge in [0.05, 0.1) is 19.6 Å². The van der Waals surface area contributed by atoms with Crippen LogP contribution in [0.25, 0.3) is 22.5 Å². The number of halogens is 1. The smallest absolute Gasteiger partial charge is 0.235 e. The van der Waals surface area contributed by atoms with Gasteiger partial charge < -0.3 is 14.8 Å². The first-order chi connectivity index (χ1) is 17.0. The molecule has 2 N–H and O–H groups in total. The Morgan fingerprint density at radius 3 is 2.51 bits per heavy atom. The Morgan fingerprint density at radius 2 is 1.83 bits per heavy atom. The fraction of sp³-hybridized carbons (Fsp3) is 0.231. The van der Waals surface area contributed by atoms with E-state index in [-0.39, 0.29) is 11.7 Å². The highest BCUT2D eigenvalue weighted by Gasteiger charge is 2.52. The average molecular weight is 474 g/mol. The molecular formula is C26H24FN5O3. The van der Waals surface area contributed by atoms with Crippen molar-refractivity contribution in [1.29, 1.82) is 0 Å². The number of hydrogen-bond acceptors (Lipinski definition) is 6. The van der Waals surface area contributed by atoms with Crippen LogP contribution in [0.3, 0.4) is 0 Å². The number of H-pyrrole nitrogens is 1. The molecule has 178 valence electrons. The normalized spacial score (nSPS) is 13.8. The lowest BCUT2D eigenvalue weighted by Crippen LogP contribution is -2.28. The maximum Gasteiger partial charge on any atom is 0.235 e.